The zero-order valence-corrected chi connectivity index (χ0v) is 18.1. The maximum Gasteiger partial charge on any atom is 0.257 e. The van der Waals surface area contributed by atoms with Gasteiger partial charge in [0.1, 0.15) is 0 Å². The van der Waals surface area contributed by atoms with E-state index >= 15 is 0 Å². The minimum absolute atomic E-state index is 0. The molecule has 6 heteroatoms. The summed E-state index contributed by atoms with van der Waals surface area (Å²) < 4.78 is 1.86. The van der Waals surface area contributed by atoms with E-state index in [0.717, 1.165) is 36.5 Å². The van der Waals surface area contributed by atoms with E-state index in [0.29, 0.717) is 12.1 Å². The van der Waals surface area contributed by atoms with Gasteiger partial charge in [-0.2, -0.15) is 5.10 Å². The standard InChI is InChI=1S/C22H30N4O.ClH/c1-15-5-9-18(10-6-15)26-14-19(20(24-26)22(2,3)4)21(27)25-12-11-16-7-8-17(13-25)23-16;/h5-6,9-10,14,16-17,23H,7-8,11-13H2,1-4H3;1H. The van der Waals surface area contributed by atoms with Crippen molar-refractivity contribution >= 4 is 18.3 Å². The average Bonchev–Trinajstić information content (AvgIpc) is 3.18. The number of amides is 1. The van der Waals surface area contributed by atoms with Gasteiger partial charge in [-0.3, -0.25) is 4.79 Å². The van der Waals surface area contributed by atoms with Crippen LogP contribution in [0.15, 0.2) is 30.5 Å². The monoisotopic (exact) mass is 402 g/mol. The topological polar surface area (TPSA) is 50.2 Å². The summed E-state index contributed by atoms with van der Waals surface area (Å²) in [5, 5.41) is 8.48. The SMILES string of the molecule is Cc1ccc(-n2cc(C(=O)N3CCC4CCC(C3)N4)c(C(C)(C)C)n2)cc1.Cl. The number of hydrogen-bond acceptors (Lipinski definition) is 3. The molecular formula is C22H31ClN4O. The molecular weight excluding hydrogens is 372 g/mol. The second kappa shape index (κ2) is 7.88. The molecule has 2 unspecified atom stereocenters. The number of aromatic nitrogens is 2. The number of benzene rings is 1. The summed E-state index contributed by atoms with van der Waals surface area (Å²) in [6, 6.07) is 9.27. The fraction of sp³-hybridized carbons (Fsp3) is 0.545. The molecule has 1 N–H and O–H groups in total. The number of likely N-dealkylation sites (tertiary alicyclic amines) is 1. The molecule has 1 amide bonds. The molecule has 2 aliphatic heterocycles. The van der Waals surface area contributed by atoms with Gasteiger partial charge in [-0.1, -0.05) is 38.5 Å². The number of nitrogens with zero attached hydrogens (tertiary/aromatic N) is 3. The summed E-state index contributed by atoms with van der Waals surface area (Å²) >= 11 is 0. The van der Waals surface area contributed by atoms with Crippen LogP contribution < -0.4 is 5.32 Å². The fourth-order valence-electron chi connectivity index (χ4n) is 4.21. The molecule has 4 rings (SSSR count). The van der Waals surface area contributed by atoms with E-state index < -0.39 is 0 Å². The molecule has 1 aromatic heterocycles. The van der Waals surface area contributed by atoms with Gasteiger partial charge in [0.25, 0.3) is 5.91 Å². The first kappa shape index (κ1) is 20.9. The van der Waals surface area contributed by atoms with E-state index in [-0.39, 0.29) is 23.7 Å². The van der Waals surface area contributed by atoms with E-state index in [9.17, 15) is 4.79 Å². The number of nitrogens with one attached hydrogen (secondary N) is 1. The molecule has 1 aromatic carbocycles. The number of rotatable bonds is 2. The predicted molar refractivity (Wildman–Crippen MR) is 115 cm³/mol. The molecule has 2 fully saturated rings. The van der Waals surface area contributed by atoms with E-state index in [2.05, 4.69) is 57.3 Å². The molecule has 2 saturated heterocycles. The van der Waals surface area contributed by atoms with Gasteiger partial charge in [-0.05, 0) is 38.3 Å². The highest BCUT2D eigenvalue weighted by molar-refractivity contribution is 5.95. The molecule has 3 heterocycles. The van der Waals surface area contributed by atoms with Crippen molar-refractivity contribution in [2.75, 3.05) is 13.1 Å². The molecule has 0 saturated carbocycles. The number of aryl methyl sites for hydroxylation is 1. The maximum absolute atomic E-state index is 13.4. The van der Waals surface area contributed by atoms with Crippen molar-refractivity contribution < 1.29 is 4.79 Å². The normalized spacial score (nSPS) is 21.9. The van der Waals surface area contributed by atoms with Gasteiger partial charge >= 0.3 is 0 Å². The fourth-order valence-corrected chi connectivity index (χ4v) is 4.21. The lowest BCUT2D eigenvalue weighted by atomic mass is 9.89. The molecule has 0 radical (unpaired) electrons. The first-order chi connectivity index (χ1) is 12.8. The number of hydrogen-bond donors (Lipinski definition) is 1. The van der Waals surface area contributed by atoms with Crippen LogP contribution in [0.5, 0.6) is 0 Å². The Morgan fingerprint density at radius 1 is 1.11 bits per heavy atom. The summed E-state index contributed by atoms with van der Waals surface area (Å²) in [7, 11) is 0. The Morgan fingerprint density at radius 2 is 1.79 bits per heavy atom. The highest BCUT2D eigenvalue weighted by Gasteiger charge is 2.34. The number of halogens is 1. The molecule has 152 valence electrons. The first-order valence-corrected chi connectivity index (χ1v) is 10.0. The van der Waals surface area contributed by atoms with E-state index in [1.165, 1.54) is 18.4 Å². The number of carbonyl (C=O) groups is 1. The largest absolute Gasteiger partial charge is 0.337 e. The first-order valence-electron chi connectivity index (χ1n) is 10.0. The van der Waals surface area contributed by atoms with Crippen molar-refractivity contribution in [1.82, 2.24) is 20.0 Å². The van der Waals surface area contributed by atoms with Crippen LogP contribution in [-0.2, 0) is 5.41 Å². The second-order valence-electron chi connectivity index (χ2n) is 9.10. The maximum atomic E-state index is 13.4. The van der Waals surface area contributed by atoms with Crippen LogP contribution in [0.1, 0.15) is 61.6 Å². The summed E-state index contributed by atoms with van der Waals surface area (Å²) in [5.74, 6) is 0.118. The van der Waals surface area contributed by atoms with Crippen LogP contribution in [0.2, 0.25) is 0 Å². The third kappa shape index (κ3) is 4.11. The Bertz CT molecular complexity index is 837. The molecule has 28 heavy (non-hydrogen) atoms. The minimum atomic E-state index is -0.190. The molecule has 0 spiro atoms. The number of fused-ring (bicyclic) bond motifs is 2. The Balaban J connectivity index is 0.00000225. The van der Waals surface area contributed by atoms with Gasteiger partial charge in [0, 0.05) is 36.8 Å². The summed E-state index contributed by atoms with van der Waals surface area (Å²) in [4.78, 5) is 15.5. The molecule has 2 bridgehead atoms. The van der Waals surface area contributed by atoms with Crippen molar-refractivity contribution in [2.45, 2.75) is 64.5 Å². The Labute approximate surface area is 173 Å². The quantitative estimate of drug-likeness (QED) is 0.829. The highest BCUT2D eigenvalue weighted by Crippen LogP contribution is 2.28. The molecule has 2 aliphatic rings. The van der Waals surface area contributed by atoms with Crippen LogP contribution >= 0.6 is 12.4 Å². The minimum Gasteiger partial charge on any atom is -0.337 e. The van der Waals surface area contributed by atoms with Crippen molar-refractivity contribution in [3.63, 3.8) is 0 Å². The lowest BCUT2D eigenvalue weighted by molar-refractivity contribution is 0.0745. The van der Waals surface area contributed by atoms with E-state index in [4.69, 9.17) is 5.10 Å². The third-order valence-corrected chi connectivity index (χ3v) is 5.76. The molecule has 0 aliphatic carbocycles. The van der Waals surface area contributed by atoms with Gasteiger partial charge < -0.3 is 10.2 Å². The Hall–Kier alpha value is -1.85. The smallest absolute Gasteiger partial charge is 0.257 e. The Kier molecular flexibility index (Phi) is 5.87. The van der Waals surface area contributed by atoms with Gasteiger partial charge in [0.05, 0.1) is 16.9 Å². The summed E-state index contributed by atoms with van der Waals surface area (Å²) in [6.45, 7) is 10.1. The van der Waals surface area contributed by atoms with Crippen molar-refractivity contribution in [1.29, 1.82) is 0 Å². The second-order valence-corrected chi connectivity index (χ2v) is 9.10. The van der Waals surface area contributed by atoms with E-state index in [1.807, 2.05) is 15.8 Å². The average molecular weight is 403 g/mol. The van der Waals surface area contributed by atoms with Crippen LogP contribution in [0.4, 0.5) is 0 Å². The number of carbonyl (C=O) groups excluding carboxylic acids is 1. The van der Waals surface area contributed by atoms with Crippen molar-refractivity contribution in [3.8, 4) is 5.69 Å². The van der Waals surface area contributed by atoms with Gasteiger partial charge in [0.15, 0.2) is 0 Å². The zero-order valence-electron chi connectivity index (χ0n) is 17.2. The van der Waals surface area contributed by atoms with Crippen LogP contribution in [-0.4, -0.2) is 45.8 Å². The van der Waals surface area contributed by atoms with Crippen LogP contribution in [0, 0.1) is 6.92 Å². The Morgan fingerprint density at radius 3 is 2.46 bits per heavy atom. The van der Waals surface area contributed by atoms with Gasteiger partial charge in [-0.25, -0.2) is 4.68 Å². The van der Waals surface area contributed by atoms with Crippen LogP contribution in [0.3, 0.4) is 0 Å². The molecule has 5 nitrogen and oxygen atoms in total. The molecule has 2 aromatic rings. The van der Waals surface area contributed by atoms with Crippen molar-refractivity contribution in [2.24, 2.45) is 0 Å². The summed E-state index contributed by atoms with van der Waals surface area (Å²) in [6.07, 6.45) is 5.37. The predicted octanol–water partition coefficient (Wildman–Crippen LogP) is 3.87. The zero-order chi connectivity index (χ0) is 19.2. The lowest BCUT2D eigenvalue weighted by Crippen LogP contribution is -2.39. The van der Waals surface area contributed by atoms with Crippen molar-refractivity contribution in [3.05, 3.63) is 47.3 Å². The molecule has 2 atom stereocenters. The van der Waals surface area contributed by atoms with Gasteiger partial charge in [-0.15, -0.1) is 12.4 Å². The highest BCUT2D eigenvalue weighted by atomic mass is 35.5. The third-order valence-electron chi connectivity index (χ3n) is 5.76. The lowest BCUT2D eigenvalue weighted by Gasteiger charge is -2.25. The van der Waals surface area contributed by atoms with E-state index in [1.54, 1.807) is 0 Å². The van der Waals surface area contributed by atoms with Gasteiger partial charge in [0.2, 0.25) is 0 Å². The van der Waals surface area contributed by atoms with Crippen LogP contribution in [0.25, 0.3) is 5.69 Å². The summed E-state index contributed by atoms with van der Waals surface area (Å²) in [5.41, 5.74) is 3.62.